The number of anilines is 2. The number of benzene rings is 1. The maximum atomic E-state index is 11.8. The van der Waals surface area contributed by atoms with Crippen LogP contribution in [0.4, 0.5) is 16.3 Å². The average molecular weight is 300 g/mol. The molecule has 22 heavy (non-hydrogen) atoms. The quantitative estimate of drug-likeness (QED) is 0.910. The molecule has 116 valence electrons. The smallest absolute Gasteiger partial charge is 0.320 e. The van der Waals surface area contributed by atoms with E-state index in [9.17, 15) is 4.79 Å². The van der Waals surface area contributed by atoms with Crippen LogP contribution in [-0.2, 0) is 6.42 Å². The predicted octanol–water partition coefficient (Wildman–Crippen LogP) is 2.56. The van der Waals surface area contributed by atoms with E-state index in [1.165, 1.54) is 11.3 Å². The third-order valence-corrected chi connectivity index (χ3v) is 3.74. The van der Waals surface area contributed by atoms with Gasteiger partial charge < -0.3 is 14.7 Å². The highest BCUT2D eigenvalue weighted by Crippen LogP contribution is 2.25. The van der Waals surface area contributed by atoms with Gasteiger partial charge in [0, 0.05) is 31.4 Å². The molecule has 0 fully saturated rings. The number of para-hydroxylation sites is 1. The number of nitrogens with zero attached hydrogens (tertiary/aromatic N) is 2. The van der Waals surface area contributed by atoms with Crippen LogP contribution >= 0.6 is 0 Å². The number of carbonyl (C=O) groups excluding carboxylic acids is 1. The zero-order valence-corrected chi connectivity index (χ0v) is 12.6. The van der Waals surface area contributed by atoms with Gasteiger partial charge in [-0.15, -0.1) is 0 Å². The highest BCUT2D eigenvalue weighted by molar-refractivity contribution is 5.88. The molecule has 0 atom stereocenters. The van der Waals surface area contributed by atoms with Crippen molar-refractivity contribution in [2.45, 2.75) is 19.8 Å². The average Bonchev–Trinajstić information content (AvgIpc) is 2.92. The van der Waals surface area contributed by atoms with Gasteiger partial charge in [-0.1, -0.05) is 23.4 Å². The van der Waals surface area contributed by atoms with Crippen molar-refractivity contribution in [1.29, 1.82) is 0 Å². The standard InChI is InChI=1S/C16H20N4O2/c1-12-11-15(19-22-12)18-16(21)17-8-10-20-9-4-6-13-5-2-3-7-14(13)20/h2-3,5,7,11H,4,6,8-10H2,1H3,(H2,17,18,19,21). The van der Waals surface area contributed by atoms with Crippen LogP contribution in [0.3, 0.4) is 0 Å². The first-order valence-electron chi connectivity index (χ1n) is 7.53. The number of carbonyl (C=O) groups is 1. The molecule has 0 saturated heterocycles. The summed E-state index contributed by atoms with van der Waals surface area (Å²) in [4.78, 5) is 14.1. The maximum Gasteiger partial charge on any atom is 0.320 e. The summed E-state index contributed by atoms with van der Waals surface area (Å²) in [5.41, 5.74) is 2.67. The van der Waals surface area contributed by atoms with E-state index in [1.54, 1.807) is 13.0 Å². The number of hydrogen-bond acceptors (Lipinski definition) is 4. The van der Waals surface area contributed by atoms with Crippen molar-refractivity contribution in [3.05, 3.63) is 41.7 Å². The van der Waals surface area contributed by atoms with E-state index >= 15 is 0 Å². The van der Waals surface area contributed by atoms with Gasteiger partial charge in [0.1, 0.15) is 5.76 Å². The van der Waals surface area contributed by atoms with E-state index in [0.29, 0.717) is 18.1 Å². The molecule has 6 heteroatoms. The van der Waals surface area contributed by atoms with E-state index in [-0.39, 0.29) is 6.03 Å². The van der Waals surface area contributed by atoms with Gasteiger partial charge in [-0.05, 0) is 31.4 Å². The molecule has 0 spiro atoms. The topological polar surface area (TPSA) is 70.4 Å². The Kier molecular flexibility index (Phi) is 4.27. The van der Waals surface area contributed by atoms with Crippen molar-refractivity contribution in [2.24, 2.45) is 0 Å². The maximum absolute atomic E-state index is 11.8. The first-order chi connectivity index (χ1) is 10.7. The van der Waals surface area contributed by atoms with Gasteiger partial charge in [-0.2, -0.15) is 0 Å². The molecule has 0 aliphatic carbocycles. The normalized spacial score (nSPS) is 13.6. The molecule has 0 bridgehead atoms. The van der Waals surface area contributed by atoms with Crippen molar-refractivity contribution < 1.29 is 9.32 Å². The molecule has 0 radical (unpaired) electrons. The lowest BCUT2D eigenvalue weighted by molar-refractivity contribution is 0.252. The Morgan fingerprint density at radius 2 is 2.27 bits per heavy atom. The van der Waals surface area contributed by atoms with Crippen molar-refractivity contribution >= 4 is 17.5 Å². The fourth-order valence-corrected chi connectivity index (χ4v) is 2.73. The van der Waals surface area contributed by atoms with E-state index in [2.05, 4.69) is 45.0 Å². The summed E-state index contributed by atoms with van der Waals surface area (Å²) in [5, 5.41) is 9.22. The minimum absolute atomic E-state index is 0.265. The van der Waals surface area contributed by atoms with Crippen molar-refractivity contribution in [3.63, 3.8) is 0 Å². The summed E-state index contributed by atoms with van der Waals surface area (Å²) >= 11 is 0. The first-order valence-corrected chi connectivity index (χ1v) is 7.53. The Bertz CT molecular complexity index is 653. The minimum atomic E-state index is -0.265. The van der Waals surface area contributed by atoms with Crippen molar-refractivity contribution in [3.8, 4) is 0 Å². The van der Waals surface area contributed by atoms with Crippen molar-refractivity contribution in [2.75, 3.05) is 29.9 Å². The fraction of sp³-hybridized carbons (Fsp3) is 0.375. The van der Waals surface area contributed by atoms with Crippen LogP contribution in [-0.4, -0.2) is 30.8 Å². The summed E-state index contributed by atoms with van der Waals surface area (Å²) in [6, 6.07) is 9.87. The molecular formula is C16H20N4O2. The van der Waals surface area contributed by atoms with Crippen LogP contribution in [0.25, 0.3) is 0 Å². The number of hydrogen-bond donors (Lipinski definition) is 2. The number of aromatic nitrogens is 1. The van der Waals surface area contributed by atoms with Gasteiger partial charge in [0.25, 0.3) is 0 Å². The van der Waals surface area contributed by atoms with E-state index in [4.69, 9.17) is 4.52 Å². The first kappa shape index (κ1) is 14.4. The fourth-order valence-electron chi connectivity index (χ4n) is 2.73. The second-order valence-corrected chi connectivity index (χ2v) is 5.42. The Labute approximate surface area is 129 Å². The second kappa shape index (κ2) is 6.51. The lowest BCUT2D eigenvalue weighted by Gasteiger charge is -2.31. The highest BCUT2D eigenvalue weighted by Gasteiger charge is 2.15. The zero-order chi connectivity index (χ0) is 15.4. The second-order valence-electron chi connectivity index (χ2n) is 5.42. The van der Waals surface area contributed by atoms with Crippen LogP contribution in [0.1, 0.15) is 17.7 Å². The molecule has 1 aliphatic heterocycles. The Hall–Kier alpha value is -2.50. The number of aryl methyl sites for hydroxylation is 2. The van der Waals surface area contributed by atoms with Gasteiger partial charge in [0.15, 0.2) is 5.82 Å². The number of nitrogens with one attached hydrogen (secondary N) is 2. The Balaban J connectivity index is 1.48. The molecule has 2 aromatic rings. The molecule has 2 N–H and O–H groups in total. The molecule has 0 saturated carbocycles. The monoisotopic (exact) mass is 300 g/mol. The lowest BCUT2D eigenvalue weighted by Crippen LogP contribution is -2.39. The third-order valence-electron chi connectivity index (χ3n) is 3.74. The van der Waals surface area contributed by atoms with Gasteiger partial charge in [0.05, 0.1) is 0 Å². The minimum Gasteiger partial charge on any atom is -0.370 e. The molecule has 1 aromatic heterocycles. The number of urea groups is 1. The Morgan fingerprint density at radius 1 is 1.41 bits per heavy atom. The summed E-state index contributed by atoms with van der Waals surface area (Å²) in [5.74, 6) is 1.10. The van der Waals surface area contributed by atoms with Gasteiger partial charge in [-0.3, -0.25) is 5.32 Å². The SMILES string of the molecule is Cc1cc(NC(=O)NCCN2CCCc3ccccc32)no1. The summed E-state index contributed by atoms with van der Waals surface area (Å²) in [7, 11) is 0. The molecule has 6 nitrogen and oxygen atoms in total. The number of rotatable bonds is 4. The van der Waals surface area contributed by atoms with Crippen LogP contribution in [0.5, 0.6) is 0 Å². The molecule has 2 heterocycles. The zero-order valence-electron chi connectivity index (χ0n) is 12.6. The van der Waals surface area contributed by atoms with Crippen LogP contribution in [0.15, 0.2) is 34.9 Å². The van der Waals surface area contributed by atoms with Crippen molar-refractivity contribution in [1.82, 2.24) is 10.5 Å². The third kappa shape index (κ3) is 3.39. The lowest BCUT2D eigenvalue weighted by atomic mass is 10.0. The molecule has 2 amide bonds. The van der Waals surface area contributed by atoms with Crippen LogP contribution < -0.4 is 15.5 Å². The molecular weight excluding hydrogens is 280 g/mol. The molecule has 1 aliphatic rings. The number of amides is 2. The highest BCUT2D eigenvalue weighted by atomic mass is 16.5. The van der Waals surface area contributed by atoms with E-state index in [0.717, 1.165) is 25.9 Å². The van der Waals surface area contributed by atoms with Crippen LogP contribution in [0, 0.1) is 6.92 Å². The summed E-state index contributed by atoms with van der Waals surface area (Å²) in [6.45, 7) is 4.19. The summed E-state index contributed by atoms with van der Waals surface area (Å²) in [6.07, 6.45) is 2.29. The number of fused-ring (bicyclic) bond motifs is 1. The molecule has 1 aromatic carbocycles. The van der Waals surface area contributed by atoms with E-state index < -0.39 is 0 Å². The largest absolute Gasteiger partial charge is 0.370 e. The predicted molar refractivity (Wildman–Crippen MR) is 85.2 cm³/mol. The Morgan fingerprint density at radius 3 is 3.09 bits per heavy atom. The van der Waals surface area contributed by atoms with E-state index in [1.807, 2.05) is 0 Å². The molecule has 0 unspecified atom stereocenters. The van der Waals surface area contributed by atoms with Crippen LogP contribution in [0.2, 0.25) is 0 Å². The molecule has 3 rings (SSSR count). The van der Waals surface area contributed by atoms with Gasteiger partial charge in [0.2, 0.25) is 0 Å². The summed E-state index contributed by atoms with van der Waals surface area (Å²) < 4.78 is 4.90. The van der Waals surface area contributed by atoms with Gasteiger partial charge in [-0.25, -0.2) is 4.79 Å². The van der Waals surface area contributed by atoms with Gasteiger partial charge >= 0.3 is 6.03 Å².